The standard InChI is InChI=1S/C11H20N2/c1-9(2)13-8-11(5-4-6-11)12-7-10(13)3/h9,12H,3-8H2,1-2H3. The summed E-state index contributed by atoms with van der Waals surface area (Å²) in [5.41, 5.74) is 1.71. The van der Waals surface area contributed by atoms with Crippen molar-refractivity contribution in [1.82, 2.24) is 10.2 Å². The largest absolute Gasteiger partial charge is 0.370 e. The molecule has 0 bridgehead atoms. The van der Waals surface area contributed by atoms with Crippen LogP contribution in [0.2, 0.25) is 0 Å². The zero-order valence-electron chi connectivity index (χ0n) is 8.77. The molecule has 1 saturated carbocycles. The first kappa shape index (κ1) is 9.07. The van der Waals surface area contributed by atoms with E-state index < -0.39 is 0 Å². The van der Waals surface area contributed by atoms with Crippen molar-refractivity contribution < 1.29 is 0 Å². The first-order valence-electron chi connectivity index (χ1n) is 5.32. The maximum atomic E-state index is 4.10. The molecule has 0 aromatic heterocycles. The van der Waals surface area contributed by atoms with Crippen molar-refractivity contribution in [2.24, 2.45) is 0 Å². The minimum Gasteiger partial charge on any atom is -0.370 e. The molecule has 0 aromatic rings. The lowest BCUT2D eigenvalue weighted by Gasteiger charge is -2.52. The van der Waals surface area contributed by atoms with Crippen LogP contribution in [0.15, 0.2) is 12.3 Å². The molecule has 0 atom stereocenters. The molecule has 2 nitrogen and oxygen atoms in total. The van der Waals surface area contributed by atoms with Crippen molar-refractivity contribution in [2.45, 2.75) is 44.7 Å². The van der Waals surface area contributed by atoms with Crippen molar-refractivity contribution in [3.8, 4) is 0 Å². The van der Waals surface area contributed by atoms with Gasteiger partial charge in [0.25, 0.3) is 0 Å². The Bertz CT molecular complexity index is 216. The van der Waals surface area contributed by atoms with Crippen LogP contribution in [0.5, 0.6) is 0 Å². The fourth-order valence-corrected chi connectivity index (χ4v) is 2.37. The number of hydrogen-bond donors (Lipinski definition) is 1. The first-order chi connectivity index (χ1) is 6.13. The van der Waals surface area contributed by atoms with Crippen LogP contribution in [0.1, 0.15) is 33.1 Å². The molecule has 1 heterocycles. The van der Waals surface area contributed by atoms with Gasteiger partial charge in [-0.25, -0.2) is 0 Å². The van der Waals surface area contributed by atoms with Crippen LogP contribution in [-0.2, 0) is 0 Å². The highest BCUT2D eigenvalue weighted by molar-refractivity contribution is 5.12. The second-order valence-electron chi connectivity index (χ2n) is 4.78. The van der Waals surface area contributed by atoms with Crippen LogP contribution in [-0.4, -0.2) is 29.6 Å². The van der Waals surface area contributed by atoms with Crippen LogP contribution in [0.4, 0.5) is 0 Å². The van der Waals surface area contributed by atoms with Crippen molar-refractivity contribution in [1.29, 1.82) is 0 Å². The van der Waals surface area contributed by atoms with Crippen LogP contribution in [0.25, 0.3) is 0 Å². The molecular formula is C11H20N2. The highest BCUT2D eigenvalue weighted by Gasteiger charge is 2.41. The number of piperazine rings is 1. The van der Waals surface area contributed by atoms with Crippen molar-refractivity contribution in [2.75, 3.05) is 13.1 Å². The van der Waals surface area contributed by atoms with E-state index in [1.54, 1.807) is 0 Å². The van der Waals surface area contributed by atoms with Crippen molar-refractivity contribution in [3.05, 3.63) is 12.3 Å². The summed E-state index contributed by atoms with van der Waals surface area (Å²) in [5.74, 6) is 0. The molecule has 0 unspecified atom stereocenters. The van der Waals surface area contributed by atoms with Gasteiger partial charge in [-0.05, 0) is 33.1 Å². The maximum Gasteiger partial charge on any atom is 0.0361 e. The number of hydrogen-bond acceptors (Lipinski definition) is 2. The molecule has 2 fully saturated rings. The fraction of sp³-hybridized carbons (Fsp3) is 0.818. The molecule has 74 valence electrons. The Hall–Kier alpha value is -0.500. The summed E-state index contributed by atoms with van der Waals surface area (Å²) in [5, 5.41) is 3.63. The average molecular weight is 180 g/mol. The smallest absolute Gasteiger partial charge is 0.0361 e. The molecular weight excluding hydrogens is 160 g/mol. The minimum absolute atomic E-state index is 0.450. The molecule has 2 rings (SSSR count). The topological polar surface area (TPSA) is 15.3 Å². The Morgan fingerprint density at radius 2 is 2.15 bits per heavy atom. The zero-order valence-corrected chi connectivity index (χ0v) is 8.77. The Labute approximate surface area is 81.0 Å². The van der Waals surface area contributed by atoms with Gasteiger partial charge in [-0.15, -0.1) is 0 Å². The normalized spacial score (nSPS) is 26.7. The minimum atomic E-state index is 0.450. The summed E-state index contributed by atoms with van der Waals surface area (Å²) in [6.07, 6.45) is 4.10. The van der Waals surface area contributed by atoms with E-state index in [1.165, 1.54) is 31.5 Å². The lowest BCUT2D eigenvalue weighted by atomic mass is 9.75. The van der Waals surface area contributed by atoms with Gasteiger partial charge in [0.05, 0.1) is 0 Å². The highest BCUT2D eigenvalue weighted by atomic mass is 15.3. The molecule has 0 radical (unpaired) electrons. The number of rotatable bonds is 1. The molecule has 1 spiro atoms. The Balaban J connectivity index is 2.05. The summed E-state index contributed by atoms with van der Waals surface area (Å²) >= 11 is 0. The van der Waals surface area contributed by atoms with Gasteiger partial charge in [0, 0.05) is 30.4 Å². The van der Waals surface area contributed by atoms with Crippen LogP contribution >= 0.6 is 0 Å². The Morgan fingerprint density at radius 3 is 2.62 bits per heavy atom. The fourth-order valence-electron chi connectivity index (χ4n) is 2.37. The van der Waals surface area contributed by atoms with Gasteiger partial charge in [0.15, 0.2) is 0 Å². The molecule has 1 saturated heterocycles. The van der Waals surface area contributed by atoms with Crippen molar-refractivity contribution >= 4 is 0 Å². The molecule has 2 aliphatic rings. The summed E-state index contributed by atoms with van der Waals surface area (Å²) in [6.45, 7) is 10.8. The molecule has 1 N–H and O–H groups in total. The first-order valence-corrected chi connectivity index (χ1v) is 5.32. The predicted octanol–water partition coefficient (Wildman–Crippen LogP) is 1.74. The van der Waals surface area contributed by atoms with E-state index in [-0.39, 0.29) is 0 Å². The van der Waals surface area contributed by atoms with Gasteiger partial charge in [-0.3, -0.25) is 0 Å². The molecule has 1 aliphatic heterocycles. The average Bonchev–Trinajstić information content (AvgIpc) is 2.02. The zero-order chi connectivity index (χ0) is 9.47. The van der Waals surface area contributed by atoms with E-state index in [1.807, 2.05) is 0 Å². The van der Waals surface area contributed by atoms with E-state index >= 15 is 0 Å². The van der Waals surface area contributed by atoms with Crippen LogP contribution in [0.3, 0.4) is 0 Å². The Kier molecular flexibility index (Phi) is 2.11. The lowest BCUT2D eigenvalue weighted by molar-refractivity contribution is 0.0828. The molecule has 13 heavy (non-hydrogen) atoms. The van der Waals surface area contributed by atoms with Crippen molar-refractivity contribution in [3.63, 3.8) is 0 Å². The van der Waals surface area contributed by atoms with Gasteiger partial charge < -0.3 is 10.2 Å². The summed E-state index contributed by atoms with van der Waals surface area (Å²) < 4.78 is 0. The van der Waals surface area contributed by atoms with E-state index in [4.69, 9.17) is 0 Å². The quantitative estimate of drug-likeness (QED) is 0.661. The third kappa shape index (κ3) is 1.48. The monoisotopic (exact) mass is 180 g/mol. The molecule has 2 heteroatoms. The SMILES string of the molecule is C=C1CNC2(CCC2)CN1C(C)C. The Morgan fingerprint density at radius 1 is 1.46 bits per heavy atom. The van der Waals surface area contributed by atoms with E-state index in [2.05, 4.69) is 30.6 Å². The van der Waals surface area contributed by atoms with Gasteiger partial charge >= 0.3 is 0 Å². The van der Waals surface area contributed by atoms with E-state index in [0.717, 1.165) is 6.54 Å². The third-order valence-electron chi connectivity index (χ3n) is 3.48. The lowest BCUT2D eigenvalue weighted by Crippen LogP contribution is -2.63. The van der Waals surface area contributed by atoms with Gasteiger partial charge in [-0.2, -0.15) is 0 Å². The van der Waals surface area contributed by atoms with Gasteiger partial charge in [-0.1, -0.05) is 6.58 Å². The van der Waals surface area contributed by atoms with E-state index in [0.29, 0.717) is 11.6 Å². The van der Waals surface area contributed by atoms with Gasteiger partial charge in [0.1, 0.15) is 0 Å². The summed E-state index contributed by atoms with van der Waals surface area (Å²) in [7, 11) is 0. The van der Waals surface area contributed by atoms with Gasteiger partial charge in [0.2, 0.25) is 0 Å². The second kappa shape index (κ2) is 3.02. The number of nitrogens with zero attached hydrogens (tertiary/aromatic N) is 1. The van der Waals surface area contributed by atoms with Crippen LogP contribution in [0, 0.1) is 0 Å². The molecule has 0 amide bonds. The summed E-state index contributed by atoms with van der Waals surface area (Å²) in [6, 6.07) is 0.604. The maximum absolute atomic E-state index is 4.10. The highest BCUT2D eigenvalue weighted by Crippen LogP contribution is 2.36. The van der Waals surface area contributed by atoms with Crippen LogP contribution < -0.4 is 5.32 Å². The third-order valence-corrected chi connectivity index (χ3v) is 3.48. The predicted molar refractivity (Wildman–Crippen MR) is 55.6 cm³/mol. The second-order valence-corrected chi connectivity index (χ2v) is 4.78. The summed E-state index contributed by atoms with van der Waals surface area (Å²) in [4.78, 5) is 2.45. The molecule has 0 aromatic carbocycles. The number of nitrogens with one attached hydrogen (secondary N) is 1. The van der Waals surface area contributed by atoms with E-state index in [9.17, 15) is 0 Å². The molecule has 1 aliphatic carbocycles.